The van der Waals surface area contributed by atoms with Crippen LogP contribution in [0.1, 0.15) is 19.3 Å². The molecule has 2 fully saturated rings. The average Bonchev–Trinajstić information content (AvgIpc) is 3.06. The van der Waals surface area contributed by atoms with E-state index in [9.17, 15) is 14.0 Å². The zero-order chi connectivity index (χ0) is 18.3. The third kappa shape index (κ3) is 2.92. The lowest BCUT2D eigenvalue weighted by atomic mass is 10.0. The molecule has 2 aliphatic rings. The Bertz CT molecular complexity index is 910. The fraction of sp³-hybridized carbons (Fsp3) is 0.333. The van der Waals surface area contributed by atoms with E-state index in [2.05, 4.69) is 21.3 Å². The quantitative estimate of drug-likeness (QED) is 0.653. The van der Waals surface area contributed by atoms with E-state index in [-0.39, 0.29) is 17.3 Å². The molecule has 1 atom stereocenters. The Morgan fingerprint density at radius 2 is 2.15 bits per heavy atom. The monoisotopic (exact) mass is 353 g/mol. The highest BCUT2D eigenvalue weighted by Crippen LogP contribution is 2.54. The molecule has 8 heteroatoms. The largest absolute Gasteiger partial charge is 0.320 e. The van der Waals surface area contributed by atoms with Crippen LogP contribution >= 0.6 is 0 Å². The maximum atomic E-state index is 12.9. The molecule has 1 aliphatic heterocycles. The van der Waals surface area contributed by atoms with Crippen LogP contribution in [0.25, 0.3) is 5.82 Å². The number of anilines is 1. The number of carbonyl (C=O) groups is 2. The number of terminal acetylenes is 1. The van der Waals surface area contributed by atoms with Crippen LogP contribution in [0, 0.1) is 23.6 Å². The van der Waals surface area contributed by atoms with E-state index in [1.54, 1.807) is 6.20 Å². The Hall–Kier alpha value is -3.21. The number of pyridine rings is 1. The minimum atomic E-state index is -0.778. The van der Waals surface area contributed by atoms with Gasteiger partial charge in [-0.05, 0) is 36.8 Å². The summed E-state index contributed by atoms with van der Waals surface area (Å²) in [4.78, 5) is 30.1. The molecule has 2 aromatic rings. The number of amides is 2. The summed E-state index contributed by atoms with van der Waals surface area (Å²) in [5.41, 5.74) is 0.114. The summed E-state index contributed by atoms with van der Waals surface area (Å²) in [6, 6.07) is 3.90. The highest BCUT2D eigenvalue weighted by molar-refractivity contribution is 6.39. The van der Waals surface area contributed by atoms with Gasteiger partial charge in [0.15, 0.2) is 11.6 Å². The van der Waals surface area contributed by atoms with Gasteiger partial charge in [-0.1, -0.05) is 5.92 Å². The second-order valence-electron chi connectivity index (χ2n) is 6.75. The first-order valence-corrected chi connectivity index (χ1v) is 8.25. The van der Waals surface area contributed by atoms with Gasteiger partial charge in [-0.3, -0.25) is 9.59 Å². The summed E-state index contributed by atoms with van der Waals surface area (Å²) in [6.07, 6.45) is 11.0. The number of likely N-dealkylation sites (tertiary alicyclic amines) is 1. The smallest absolute Gasteiger partial charge is 0.315 e. The number of rotatable bonds is 2. The summed E-state index contributed by atoms with van der Waals surface area (Å²) in [5, 5.41) is 6.61. The molecule has 26 heavy (non-hydrogen) atoms. The fourth-order valence-electron chi connectivity index (χ4n) is 3.28. The van der Waals surface area contributed by atoms with Crippen molar-refractivity contribution in [1.82, 2.24) is 19.7 Å². The van der Waals surface area contributed by atoms with Crippen LogP contribution in [-0.4, -0.2) is 44.1 Å². The summed E-state index contributed by atoms with van der Waals surface area (Å²) < 4.78 is 14.3. The van der Waals surface area contributed by atoms with Crippen molar-refractivity contribution in [1.29, 1.82) is 0 Å². The Labute approximate surface area is 149 Å². The van der Waals surface area contributed by atoms with Gasteiger partial charge in [0.1, 0.15) is 5.82 Å². The van der Waals surface area contributed by atoms with Crippen LogP contribution in [-0.2, 0) is 9.59 Å². The molecule has 2 aromatic heterocycles. The number of nitrogens with one attached hydrogen (secondary N) is 1. The average molecular weight is 353 g/mol. The molecular formula is C18H16FN5O2. The van der Waals surface area contributed by atoms with Gasteiger partial charge in [0.05, 0.1) is 12.2 Å². The van der Waals surface area contributed by atoms with Crippen molar-refractivity contribution in [2.75, 3.05) is 11.9 Å². The van der Waals surface area contributed by atoms with Crippen LogP contribution in [0.2, 0.25) is 0 Å². The van der Waals surface area contributed by atoms with Gasteiger partial charge in [-0.2, -0.15) is 0 Å². The van der Waals surface area contributed by atoms with E-state index in [4.69, 9.17) is 6.42 Å². The van der Waals surface area contributed by atoms with E-state index in [0.717, 1.165) is 25.5 Å². The molecule has 0 unspecified atom stereocenters. The Morgan fingerprint density at radius 1 is 1.35 bits per heavy atom. The van der Waals surface area contributed by atoms with E-state index in [1.807, 2.05) is 0 Å². The standard InChI is InChI=1S/C18H16FN5O2/c1-2-13-9-18(6-7-18)11-23(13)17(26)16(25)21-14-5-8-24(22-14)15-4-3-12(19)10-20-15/h1,3-5,8,10,13H,6-7,9,11H2,(H,21,22,25)/t13-/m1/s1. The number of carbonyl (C=O) groups excluding carboxylic acids is 2. The highest BCUT2D eigenvalue weighted by atomic mass is 19.1. The molecule has 7 nitrogen and oxygen atoms in total. The second kappa shape index (κ2) is 5.95. The van der Waals surface area contributed by atoms with E-state index < -0.39 is 17.6 Å². The minimum absolute atomic E-state index is 0.114. The van der Waals surface area contributed by atoms with Crippen molar-refractivity contribution < 1.29 is 14.0 Å². The van der Waals surface area contributed by atoms with Crippen molar-refractivity contribution in [2.45, 2.75) is 25.3 Å². The fourth-order valence-corrected chi connectivity index (χ4v) is 3.28. The zero-order valence-corrected chi connectivity index (χ0v) is 13.9. The lowest BCUT2D eigenvalue weighted by Gasteiger charge is -2.19. The molecular weight excluding hydrogens is 337 g/mol. The van der Waals surface area contributed by atoms with Crippen molar-refractivity contribution in [3.05, 3.63) is 36.4 Å². The first kappa shape index (κ1) is 16.3. The zero-order valence-electron chi connectivity index (χ0n) is 13.9. The number of halogens is 1. The molecule has 0 radical (unpaired) electrons. The molecule has 132 valence electrons. The van der Waals surface area contributed by atoms with Crippen LogP contribution in [0.3, 0.4) is 0 Å². The minimum Gasteiger partial charge on any atom is -0.320 e. The molecule has 2 amide bonds. The van der Waals surface area contributed by atoms with Crippen LogP contribution in [0.15, 0.2) is 30.6 Å². The van der Waals surface area contributed by atoms with Crippen molar-refractivity contribution in [2.24, 2.45) is 5.41 Å². The van der Waals surface area contributed by atoms with E-state index in [1.165, 1.54) is 27.8 Å². The Balaban J connectivity index is 1.44. The van der Waals surface area contributed by atoms with Crippen molar-refractivity contribution in [3.63, 3.8) is 0 Å². The summed E-state index contributed by atoms with van der Waals surface area (Å²) >= 11 is 0. The summed E-state index contributed by atoms with van der Waals surface area (Å²) in [6.45, 7) is 0.530. The Morgan fingerprint density at radius 3 is 2.81 bits per heavy atom. The number of aromatic nitrogens is 3. The van der Waals surface area contributed by atoms with Gasteiger partial charge in [-0.15, -0.1) is 11.5 Å². The summed E-state index contributed by atoms with van der Waals surface area (Å²) in [5.74, 6) is 1.32. The Kier molecular flexibility index (Phi) is 3.72. The van der Waals surface area contributed by atoms with Crippen LogP contribution in [0.5, 0.6) is 0 Å². The molecule has 1 aliphatic carbocycles. The lowest BCUT2D eigenvalue weighted by molar-refractivity contribution is -0.143. The maximum Gasteiger partial charge on any atom is 0.315 e. The van der Waals surface area contributed by atoms with E-state index in [0.29, 0.717) is 12.4 Å². The van der Waals surface area contributed by atoms with E-state index >= 15 is 0 Å². The molecule has 3 heterocycles. The first-order chi connectivity index (χ1) is 12.5. The predicted molar refractivity (Wildman–Crippen MR) is 90.6 cm³/mol. The molecule has 1 saturated heterocycles. The van der Waals surface area contributed by atoms with Gasteiger partial charge < -0.3 is 10.2 Å². The molecule has 1 N–H and O–H groups in total. The van der Waals surface area contributed by atoms with Gasteiger partial charge in [0, 0.05) is 18.8 Å². The third-order valence-corrected chi connectivity index (χ3v) is 4.89. The molecule has 0 aromatic carbocycles. The lowest BCUT2D eigenvalue weighted by Crippen LogP contribution is -2.42. The van der Waals surface area contributed by atoms with Crippen LogP contribution < -0.4 is 5.32 Å². The maximum absolute atomic E-state index is 12.9. The molecule has 1 saturated carbocycles. The first-order valence-electron chi connectivity index (χ1n) is 8.25. The van der Waals surface area contributed by atoms with Gasteiger partial charge in [-0.25, -0.2) is 14.1 Å². The normalized spacial score (nSPS) is 20.0. The van der Waals surface area contributed by atoms with Crippen molar-refractivity contribution >= 4 is 17.6 Å². The van der Waals surface area contributed by atoms with Crippen LogP contribution in [0.4, 0.5) is 10.2 Å². The van der Waals surface area contributed by atoms with Gasteiger partial charge in [0.25, 0.3) is 0 Å². The predicted octanol–water partition coefficient (Wildman–Crippen LogP) is 1.36. The topological polar surface area (TPSA) is 80.1 Å². The summed E-state index contributed by atoms with van der Waals surface area (Å²) in [7, 11) is 0. The molecule has 0 bridgehead atoms. The molecule has 4 rings (SSSR count). The highest BCUT2D eigenvalue weighted by Gasteiger charge is 2.53. The second-order valence-corrected chi connectivity index (χ2v) is 6.75. The number of hydrogen-bond donors (Lipinski definition) is 1. The van der Waals surface area contributed by atoms with Gasteiger partial charge in [0.2, 0.25) is 0 Å². The number of hydrogen-bond acceptors (Lipinski definition) is 4. The van der Waals surface area contributed by atoms with Gasteiger partial charge >= 0.3 is 11.8 Å². The SMILES string of the molecule is C#C[C@@H]1CC2(CC2)CN1C(=O)C(=O)Nc1ccn(-c2ccc(F)cn2)n1. The third-order valence-electron chi connectivity index (χ3n) is 4.89. The van der Waals surface area contributed by atoms with Crippen molar-refractivity contribution in [3.8, 4) is 18.2 Å². The molecule has 1 spiro atoms. The number of nitrogens with zero attached hydrogens (tertiary/aromatic N) is 4.